The van der Waals surface area contributed by atoms with E-state index in [0.717, 1.165) is 21.0 Å². The molecule has 0 fully saturated rings. The van der Waals surface area contributed by atoms with Crippen molar-refractivity contribution in [2.75, 3.05) is 0 Å². The van der Waals surface area contributed by atoms with Crippen molar-refractivity contribution in [2.24, 2.45) is 5.73 Å². The van der Waals surface area contributed by atoms with E-state index in [1.165, 1.54) is 18.1 Å². The van der Waals surface area contributed by atoms with E-state index >= 15 is 0 Å². The third kappa shape index (κ3) is 2.46. The van der Waals surface area contributed by atoms with E-state index < -0.39 is 0 Å². The van der Waals surface area contributed by atoms with E-state index in [2.05, 4.69) is 15.0 Å². The number of para-hydroxylation sites is 1. The van der Waals surface area contributed by atoms with E-state index in [0.29, 0.717) is 5.56 Å². The first-order valence-electron chi connectivity index (χ1n) is 5.92. The summed E-state index contributed by atoms with van der Waals surface area (Å²) in [6.07, 6.45) is 3.18. The highest BCUT2D eigenvalue weighted by molar-refractivity contribution is 7.99. The van der Waals surface area contributed by atoms with Crippen LogP contribution in [0.15, 0.2) is 59.0 Å². The first kappa shape index (κ1) is 12.6. The minimum Gasteiger partial charge on any atom is -0.384 e. The number of nitrogens with zero attached hydrogens (tertiary/aromatic N) is 3. The molecule has 0 saturated heterocycles. The molecule has 98 valence electrons. The normalized spacial score (nSPS) is 10.6. The molecule has 0 atom stereocenters. The summed E-state index contributed by atoms with van der Waals surface area (Å²) < 4.78 is 0. The quantitative estimate of drug-likeness (QED) is 0.437. The van der Waals surface area contributed by atoms with Gasteiger partial charge in [-0.1, -0.05) is 18.2 Å². The van der Waals surface area contributed by atoms with Gasteiger partial charge in [-0.25, -0.2) is 15.0 Å². The highest BCUT2D eigenvalue weighted by Gasteiger charge is 2.09. The maximum absolute atomic E-state index is 7.71. The Balaban J connectivity index is 2.10. The summed E-state index contributed by atoms with van der Waals surface area (Å²) in [7, 11) is 0. The van der Waals surface area contributed by atoms with Crippen LogP contribution < -0.4 is 5.73 Å². The first-order valence-corrected chi connectivity index (χ1v) is 6.74. The maximum Gasteiger partial charge on any atom is 0.123 e. The van der Waals surface area contributed by atoms with Crippen LogP contribution >= 0.6 is 11.8 Å². The number of nitrogen functional groups attached to an aromatic ring is 1. The van der Waals surface area contributed by atoms with E-state index in [9.17, 15) is 0 Å². The molecule has 2 aromatic heterocycles. The number of pyridine rings is 1. The van der Waals surface area contributed by atoms with Gasteiger partial charge in [0.2, 0.25) is 0 Å². The number of nitrogens with one attached hydrogen (secondary N) is 1. The summed E-state index contributed by atoms with van der Waals surface area (Å²) in [5.41, 5.74) is 7.17. The molecule has 0 spiro atoms. The van der Waals surface area contributed by atoms with Gasteiger partial charge in [0, 0.05) is 17.1 Å². The van der Waals surface area contributed by atoms with Crippen molar-refractivity contribution in [2.45, 2.75) is 10.1 Å². The van der Waals surface area contributed by atoms with Crippen molar-refractivity contribution in [1.82, 2.24) is 15.0 Å². The molecule has 0 aliphatic carbocycles. The third-order valence-electron chi connectivity index (χ3n) is 2.75. The van der Waals surface area contributed by atoms with Gasteiger partial charge in [0.05, 0.1) is 5.52 Å². The minimum atomic E-state index is 0.0353. The molecule has 3 aromatic rings. The Morgan fingerprint density at radius 3 is 2.75 bits per heavy atom. The molecule has 20 heavy (non-hydrogen) atoms. The number of hydrogen-bond acceptors (Lipinski definition) is 5. The fraction of sp³-hybridized carbons (Fsp3) is 0. The molecule has 0 radical (unpaired) electrons. The topological polar surface area (TPSA) is 88.5 Å². The van der Waals surface area contributed by atoms with Gasteiger partial charge in [-0.15, -0.1) is 0 Å². The number of fused-ring (bicyclic) bond motifs is 1. The fourth-order valence-corrected chi connectivity index (χ4v) is 2.64. The van der Waals surface area contributed by atoms with Gasteiger partial charge < -0.3 is 5.73 Å². The molecule has 0 aliphatic heterocycles. The Kier molecular flexibility index (Phi) is 3.30. The van der Waals surface area contributed by atoms with Crippen molar-refractivity contribution in [3.8, 4) is 0 Å². The van der Waals surface area contributed by atoms with Crippen molar-refractivity contribution in [3.63, 3.8) is 0 Å². The lowest BCUT2D eigenvalue weighted by molar-refractivity contribution is 1.04. The average molecular weight is 281 g/mol. The molecule has 1 aromatic carbocycles. The third-order valence-corrected chi connectivity index (χ3v) is 3.62. The summed E-state index contributed by atoms with van der Waals surface area (Å²) in [6.45, 7) is 0. The summed E-state index contributed by atoms with van der Waals surface area (Å²) in [5.74, 6) is 0.0353. The van der Waals surface area contributed by atoms with Crippen molar-refractivity contribution in [3.05, 3.63) is 54.5 Å². The smallest absolute Gasteiger partial charge is 0.123 e. The second-order valence-corrected chi connectivity index (χ2v) is 5.13. The number of nitrogens with two attached hydrogens (primary N) is 1. The number of amidine groups is 1. The van der Waals surface area contributed by atoms with Gasteiger partial charge in [0.25, 0.3) is 0 Å². The van der Waals surface area contributed by atoms with Crippen molar-refractivity contribution < 1.29 is 0 Å². The Bertz CT molecular complexity index is 773. The SMILES string of the molecule is N=C(N)c1cc(Sc2ccncn2)nc2ccccc12. The van der Waals surface area contributed by atoms with Gasteiger partial charge in [0.1, 0.15) is 22.2 Å². The van der Waals surface area contributed by atoms with E-state index in [4.69, 9.17) is 11.1 Å². The van der Waals surface area contributed by atoms with Crippen LogP contribution in [-0.2, 0) is 0 Å². The molecule has 0 aliphatic rings. The zero-order valence-electron chi connectivity index (χ0n) is 10.4. The lowest BCUT2D eigenvalue weighted by atomic mass is 10.1. The van der Waals surface area contributed by atoms with Crippen LogP contribution in [0.2, 0.25) is 0 Å². The molecular formula is C14H11N5S. The summed E-state index contributed by atoms with van der Waals surface area (Å²) in [4.78, 5) is 12.6. The molecule has 0 bridgehead atoms. The minimum absolute atomic E-state index is 0.0353. The Morgan fingerprint density at radius 1 is 1.15 bits per heavy atom. The van der Waals surface area contributed by atoms with Crippen LogP contribution in [0.4, 0.5) is 0 Å². The average Bonchev–Trinajstić information content (AvgIpc) is 2.47. The second-order valence-electron chi connectivity index (χ2n) is 4.09. The van der Waals surface area contributed by atoms with Gasteiger partial charge >= 0.3 is 0 Å². The monoisotopic (exact) mass is 281 g/mol. The fourth-order valence-electron chi connectivity index (χ4n) is 1.87. The van der Waals surface area contributed by atoms with Gasteiger partial charge in [-0.3, -0.25) is 5.41 Å². The molecule has 3 rings (SSSR count). The van der Waals surface area contributed by atoms with Crippen LogP contribution in [-0.4, -0.2) is 20.8 Å². The Hall–Kier alpha value is -2.47. The van der Waals surface area contributed by atoms with Crippen molar-refractivity contribution >= 4 is 28.5 Å². The predicted octanol–water partition coefficient (Wildman–Crippen LogP) is 2.46. The highest BCUT2D eigenvalue weighted by Crippen LogP contribution is 2.27. The summed E-state index contributed by atoms with van der Waals surface area (Å²) in [6, 6.07) is 11.3. The molecule has 0 amide bonds. The number of benzene rings is 1. The molecule has 6 heteroatoms. The Morgan fingerprint density at radius 2 is 2.00 bits per heavy atom. The second kappa shape index (κ2) is 5.26. The van der Waals surface area contributed by atoms with Gasteiger partial charge in [0.15, 0.2) is 0 Å². The lowest BCUT2D eigenvalue weighted by Crippen LogP contribution is -2.12. The lowest BCUT2D eigenvalue weighted by Gasteiger charge is -2.07. The zero-order chi connectivity index (χ0) is 13.9. The molecule has 2 heterocycles. The van der Waals surface area contributed by atoms with Crippen LogP contribution in [0.5, 0.6) is 0 Å². The van der Waals surface area contributed by atoms with Crippen LogP contribution in [0.25, 0.3) is 10.9 Å². The first-order chi connectivity index (χ1) is 9.74. The number of hydrogen-bond donors (Lipinski definition) is 2. The van der Waals surface area contributed by atoms with Crippen LogP contribution in [0.1, 0.15) is 5.56 Å². The summed E-state index contributed by atoms with van der Waals surface area (Å²) >= 11 is 1.42. The molecule has 0 unspecified atom stereocenters. The largest absolute Gasteiger partial charge is 0.384 e. The number of rotatable bonds is 3. The van der Waals surface area contributed by atoms with Gasteiger partial charge in [-0.2, -0.15) is 0 Å². The standard InChI is InChI=1S/C14H11N5S/c15-14(16)10-7-13(20-12-5-6-17-8-18-12)19-11-4-2-1-3-9(10)11/h1-8H,(H3,15,16). The predicted molar refractivity (Wildman–Crippen MR) is 78.9 cm³/mol. The van der Waals surface area contributed by atoms with E-state index in [-0.39, 0.29) is 5.84 Å². The van der Waals surface area contributed by atoms with E-state index in [1.54, 1.807) is 6.20 Å². The molecule has 0 saturated carbocycles. The van der Waals surface area contributed by atoms with Gasteiger partial charge in [-0.05, 0) is 30.0 Å². The molecular weight excluding hydrogens is 270 g/mol. The van der Waals surface area contributed by atoms with Crippen molar-refractivity contribution in [1.29, 1.82) is 5.41 Å². The number of aromatic nitrogens is 3. The van der Waals surface area contributed by atoms with E-state index in [1.807, 2.05) is 36.4 Å². The highest BCUT2D eigenvalue weighted by atomic mass is 32.2. The van der Waals surface area contributed by atoms with Crippen LogP contribution in [0.3, 0.4) is 0 Å². The maximum atomic E-state index is 7.71. The summed E-state index contributed by atoms with van der Waals surface area (Å²) in [5, 5.41) is 10.2. The molecule has 3 N–H and O–H groups in total. The molecule has 5 nitrogen and oxygen atoms in total. The zero-order valence-corrected chi connectivity index (χ0v) is 11.3. The van der Waals surface area contributed by atoms with Crippen LogP contribution in [0, 0.1) is 5.41 Å². The Labute approximate surface area is 119 Å².